The summed E-state index contributed by atoms with van der Waals surface area (Å²) in [5, 5.41) is 12.5. The van der Waals surface area contributed by atoms with Crippen molar-refractivity contribution in [2.45, 2.75) is 38.3 Å². The lowest BCUT2D eigenvalue weighted by Gasteiger charge is -2.27. The fourth-order valence-corrected chi connectivity index (χ4v) is 2.72. The molecule has 1 aromatic carbocycles. The van der Waals surface area contributed by atoms with Crippen molar-refractivity contribution in [2.75, 3.05) is 19.0 Å². The number of nitrogens with one attached hydrogen (secondary N) is 1. The van der Waals surface area contributed by atoms with Gasteiger partial charge in [-0.15, -0.1) is 0 Å². The Morgan fingerprint density at radius 1 is 1.20 bits per heavy atom. The van der Waals surface area contributed by atoms with Crippen molar-refractivity contribution in [3.05, 3.63) is 29.8 Å². The van der Waals surface area contributed by atoms with Crippen LogP contribution in [0.15, 0.2) is 24.3 Å². The van der Waals surface area contributed by atoms with E-state index in [2.05, 4.69) is 34.5 Å². The van der Waals surface area contributed by atoms with Crippen LogP contribution in [-0.4, -0.2) is 31.2 Å². The average molecular weight is 276 g/mol. The lowest BCUT2D eigenvalue weighted by atomic mass is 9.86. The highest BCUT2D eigenvalue weighted by molar-refractivity contribution is 5.70. The normalized spacial score (nSPS) is 22.5. The van der Waals surface area contributed by atoms with Gasteiger partial charge in [-0.25, -0.2) is 0 Å². The third kappa shape index (κ3) is 3.97. The van der Waals surface area contributed by atoms with Gasteiger partial charge in [-0.2, -0.15) is 0 Å². The molecule has 2 N–H and O–H groups in total. The number of hydrogen-bond donors (Lipinski definition) is 2. The van der Waals surface area contributed by atoms with Crippen molar-refractivity contribution in [1.29, 1.82) is 0 Å². The third-order valence-corrected chi connectivity index (χ3v) is 4.12. The minimum absolute atomic E-state index is 0.132. The second-order valence-corrected chi connectivity index (χ2v) is 5.83. The molecule has 0 bridgehead atoms. The van der Waals surface area contributed by atoms with Crippen molar-refractivity contribution in [3.63, 3.8) is 0 Å². The van der Waals surface area contributed by atoms with Gasteiger partial charge in [-0.3, -0.25) is 4.79 Å². The van der Waals surface area contributed by atoms with E-state index in [-0.39, 0.29) is 5.92 Å². The Hall–Kier alpha value is -1.55. The van der Waals surface area contributed by atoms with E-state index in [0.717, 1.165) is 32.2 Å². The quantitative estimate of drug-likeness (QED) is 0.867. The van der Waals surface area contributed by atoms with E-state index in [1.54, 1.807) is 0 Å². The fourth-order valence-electron chi connectivity index (χ4n) is 2.72. The first kappa shape index (κ1) is 14.9. The Balaban J connectivity index is 1.77. The van der Waals surface area contributed by atoms with Gasteiger partial charge >= 0.3 is 5.97 Å². The van der Waals surface area contributed by atoms with Crippen LogP contribution in [0.3, 0.4) is 0 Å². The zero-order valence-electron chi connectivity index (χ0n) is 12.3. The van der Waals surface area contributed by atoms with Crippen LogP contribution >= 0.6 is 0 Å². The summed E-state index contributed by atoms with van der Waals surface area (Å²) in [6.07, 6.45) is 3.53. The van der Waals surface area contributed by atoms with Gasteiger partial charge in [0.15, 0.2) is 0 Å². The Kier molecular flexibility index (Phi) is 5.01. The smallest absolute Gasteiger partial charge is 0.306 e. The first-order chi connectivity index (χ1) is 9.56. The second-order valence-electron chi connectivity index (χ2n) is 5.83. The third-order valence-electron chi connectivity index (χ3n) is 4.12. The summed E-state index contributed by atoms with van der Waals surface area (Å²) in [4.78, 5) is 13.0. The van der Waals surface area contributed by atoms with Crippen molar-refractivity contribution < 1.29 is 9.90 Å². The van der Waals surface area contributed by atoms with Gasteiger partial charge in [0, 0.05) is 32.4 Å². The predicted molar refractivity (Wildman–Crippen MR) is 81.0 cm³/mol. The van der Waals surface area contributed by atoms with E-state index < -0.39 is 5.97 Å². The van der Waals surface area contributed by atoms with Crippen molar-refractivity contribution in [3.8, 4) is 0 Å². The second kappa shape index (κ2) is 6.75. The molecular formula is C16H24N2O2. The molecule has 1 aliphatic rings. The number of nitrogens with zero attached hydrogens (tertiary/aromatic N) is 1. The number of rotatable bonds is 5. The number of carboxylic acids is 1. The molecule has 4 nitrogen and oxygen atoms in total. The maximum atomic E-state index is 10.9. The van der Waals surface area contributed by atoms with Crippen LogP contribution in [0.25, 0.3) is 0 Å². The number of anilines is 1. The monoisotopic (exact) mass is 276 g/mol. The standard InChI is InChI=1S/C16H24N2O2/c1-18(2)15-9-3-12(4-10-15)11-17-14-7-5-13(6-8-14)16(19)20/h3-4,9-10,13-14,17H,5-8,11H2,1-2H3,(H,19,20). The number of benzene rings is 1. The maximum Gasteiger partial charge on any atom is 0.306 e. The summed E-state index contributed by atoms with van der Waals surface area (Å²) in [5.41, 5.74) is 2.48. The molecule has 0 aliphatic heterocycles. The highest BCUT2D eigenvalue weighted by Gasteiger charge is 2.25. The van der Waals surface area contributed by atoms with Gasteiger partial charge in [0.25, 0.3) is 0 Å². The average Bonchev–Trinajstić information content (AvgIpc) is 2.46. The molecule has 0 atom stereocenters. The van der Waals surface area contributed by atoms with Crippen LogP contribution in [0, 0.1) is 5.92 Å². The van der Waals surface area contributed by atoms with Gasteiger partial charge in [0.05, 0.1) is 5.92 Å². The molecule has 20 heavy (non-hydrogen) atoms. The summed E-state index contributed by atoms with van der Waals surface area (Å²) in [7, 11) is 4.07. The van der Waals surface area contributed by atoms with Crippen molar-refractivity contribution in [2.24, 2.45) is 5.92 Å². The summed E-state index contributed by atoms with van der Waals surface area (Å²) in [6.45, 7) is 0.857. The van der Waals surface area contributed by atoms with Gasteiger partial charge < -0.3 is 15.3 Å². The molecule has 1 fully saturated rings. The SMILES string of the molecule is CN(C)c1ccc(CNC2CCC(C(=O)O)CC2)cc1. The largest absolute Gasteiger partial charge is 0.481 e. The molecular weight excluding hydrogens is 252 g/mol. The zero-order valence-corrected chi connectivity index (χ0v) is 12.3. The van der Waals surface area contributed by atoms with Crippen LogP contribution < -0.4 is 10.2 Å². The first-order valence-electron chi connectivity index (χ1n) is 7.28. The molecule has 2 rings (SSSR count). The van der Waals surface area contributed by atoms with Gasteiger partial charge in [0.1, 0.15) is 0 Å². The van der Waals surface area contributed by atoms with E-state index in [4.69, 9.17) is 5.11 Å². The molecule has 0 amide bonds. The Morgan fingerprint density at radius 3 is 2.30 bits per heavy atom. The molecule has 4 heteroatoms. The van der Waals surface area contributed by atoms with Crippen LogP contribution in [0.1, 0.15) is 31.2 Å². The minimum Gasteiger partial charge on any atom is -0.481 e. The molecule has 0 spiro atoms. The Labute approximate surface area is 120 Å². The van der Waals surface area contributed by atoms with Crippen LogP contribution in [0.2, 0.25) is 0 Å². The predicted octanol–water partition coefficient (Wildman–Crippen LogP) is 2.49. The van der Waals surface area contributed by atoms with E-state index >= 15 is 0 Å². The molecule has 0 aromatic heterocycles. The van der Waals surface area contributed by atoms with Gasteiger partial charge in [0.2, 0.25) is 0 Å². The van der Waals surface area contributed by atoms with Gasteiger partial charge in [-0.05, 0) is 43.4 Å². The van der Waals surface area contributed by atoms with E-state index in [1.807, 2.05) is 14.1 Å². The van der Waals surface area contributed by atoms with Crippen LogP contribution in [0.4, 0.5) is 5.69 Å². The lowest BCUT2D eigenvalue weighted by Crippen LogP contribution is -2.34. The minimum atomic E-state index is -0.636. The molecule has 0 radical (unpaired) electrons. The number of carboxylic acid groups (broad SMARTS) is 1. The first-order valence-corrected chi connectivity index (χ1v) is 7.28. The summed E-state index contributed by atoms with van der Waals surface area (Å²) < 4.78 is 0. The fraction of sp³-hybridized carbons (Fsp3) is 0.562. The van der Waals surface area contributed by atoms with Gasteiger partial charge in [-0.1, -0.05) is 12.1 Å². The molecule has 1 aliphatic carbocycles. The van der Waals surface area contributed by atoms with E-state index in [1.165, 1.54) is 11.3 Å². The highest BCUT2D eigenvalue weighted by atomic mass is 16.4. The van der Waals surface area contributed by atoms with Crippen LogP contribution in [-0.2, 0) is 11.3 Å². The summed E-state index contributed by atoms with van der Waals surface area (Å²) >= 11 is 0. The van der Waals surface area contributed by atoms with E-state index in [0.29, 0.717) is 6.04 Å². The lowest BCUT2D eigenvalue weighted by molar-refractivity contribution is -0.142. The number of hydrogen-bond acceptors (Lipinski definition) is 3. The summed E-state index contributed by atoms with van der Waals surface area (Å²) in [6, 6.07) is 8.99. The number of aliphatic carboxylic acids is 1. The zero-order chi connectivity index (χ0) is 14.5. The van der Waals surface area contributed by atoms with Crippen molar-refractivity contribution in [1.82, 2.24) is 5.32 Å². The molecule has 1 aromatic rings. The molecule has 110 valence electrons. The molecule has 0 saturated heterocycles. The van der Waals surface area contributed by atoms with E-state index in [9.17, 15) is 4.79 Å². The Bertz CT molecular complexity index is 434. The Morgan fingerprint density at radius 2 is 1.80 bits per heavy atom. The van der Waals surface area contributed by atoms with Crippen molar-refractivity contribution >= 4 is 11.7 Å². The maximum absolute atomic E-state index is 10.9. The molecule has 0 heterocycles. The van der Waals surface area contributed by atoms with Crippen LogP contribution in [0.5, 0.6) is 0 Å². The number of carbonyl (C=O) groups is 1. The topological polar surface area (TPSA) is 52.6 Å². The highest BCUT2D eigenvalue weighted by Crippen LogP contribution is 2.24. The molecule has 0 unspecified atom stereocenters. The summed E-state index contributed by atoms with van der Waals surface area (Å²) in [5.74, 6) is -0.768. The molecule has 1 saturated carbocycles.